The van der Waals surface area contributed by atoms with E-state index in [2.05, 4.69) is 0 Å². The zero-order chi connectivity index (χ0) is 35.6. The SMILES string of the molecule is CSC.NC(=O)c1cc(O)cc(Cl)c1.NCc1cc(O)cc(Cl)c1.O=C(Cl)c1cc(O)cc(Cl)c1.O=C(O)c1cc(O)cc(Cl)c1.[B]. The van der Waals surface area contributed by atoms with Crippen molar-refractivity contribution in [3.63, 3.8) is 0 Å². The molecule has 9 N–H and O–H groups in total. The molecule has 0 spiro atoms. The highest BCUT2D eigenvalue weighted by molar-refractivity contribution is 7.97. The molecule has 0 aliphatic heterocycles. The smallest absolute Gasteiger partial charge is 0.335 e. The van der Waals surface area contributed by atoms with Gasteiger partial charge in [0.2, 0.25) is 5.91 Å². The van der Waals surface area contributed by atoms with Gasteiger partial charge < -0.3 is 37.0 Å². The Labute approximate surface area is 302 Å². The molecule has 0 fully saturated rings. The first-order valence-electron chi connectivity index (χ1n) is 12.2. The summed E-state index contributed by atoms with van der Waals surface area (Å²) in [6, 6.07) is 16.4. The number of nitrogens with two attached hydrogens (primary N) is 2. The van der Waals surface area contributed by atoms with E-state index in [1.54, 1.807) is 23.9 Å². The number of thioether (sulfide) groups is 1. The Kier molecular flexibility index (Phi) is 23.1. The fraction of sp³-hybridized carbons (Fsp3) is 0.100. The van der Waals surface area contributed by atoms with E-state index < -0.39 is 17.1 Å². The number of carboxylic acids is 1. The minimum atomic E-state index is -1.11. The molecule has 47 heavy (non-hydrogen) atoms. The van der Waals surface area contributed by atoms with Crippen LogP contribution in [-0.2, 0) is 6.54 Å². The van der Waals surface area contributed by atoms with Crippen molar-refractivity contribution in [2.24, 2.45) is 11.5 Å². The maximum Gasteiger partial charge on any atom is 0.335 e. The molecule has 3 radical (unpaired) electrons. The first-order chi connectivity index (χ1) is 21.4. The summed E-state index contributed by atoms with van der Waals surface area (Å²) >= 11 is 29.0. The lowest BCUT2D eigenvalue weighted by molar-refractivity contribution is 0.0696. The van der Waals surface area contributed by atoms with Gasteiger partial charge in [0.15, 0.2) is 0 Å². The van der Waals surface area contributed by atoms with Gasteiger partial charge in [0.1, 0.15) is 23.0 Å². The number of phenols is 4. The maximum atomic E-state index is 10.6. The lowest BCUT2D eigenvalue weighted by Gasteiger charge is -1.97. The van der Waals surface area contributed by atoms with Crippen LogP contribution in [0.4, 0.5) is 0 Å². The van der Waals surface area contributed by atoms with E-state index in [0.717, 1.165) is 11.6 Å². The molecular weight excluding hydrogens is 736 g/mol. The number of rotatable bonds is 4. The molecule has 0 aliphatic carbocycles. The van der Waals surface area contributed by atoms with Crippen LogP contribution in [0.3, 0.4) is 0 Å². The number of amides is 1. The van der Waals surface area contributed by atoms with Gasteiger partial charge in [-0.2, -0.15) is 11.8 Å². The standard InChI is InChI=1S/C7H4Cl2O2.C7H6ClNO2.C7H8ClNO.C7H5ClO3.C2H6S.B/c2*8-5-1-4(7(9)11)2-6(10)3-5;8-6-1-5(4-9)2-7(10)3-6;8-5-1-4(7(10)11)2-6(9)3-5;1-3-2;/h1-3,10H;1-3,10H,(H2,9,11);1-3,10H,4,9H2;1-3,9H,(H,10,11);1-2H3;. The Morgan fingerprint density at radius 2 is 0.936 bits per heavy atom. The molecule has 4 rings (SSSR count). The van der Waals surface area contributed by atoms with Gasteiger partial charge in [-0.25, -0.2) is 4.79 Å². The molecule has 4 aromatic carbocycles. The Morgan fingerprint density at radius 3 is 1.26 bits per heavy atom. The lowest BCUT2D eigenvalue weighted by Crippen LogP contribution is -2.10. The van der Waals surface area contributed by atoms with Gasteiger partial charge in [-0.3, -0.25) is 9.59 Å². The molecule has 4 aromatic rings. The van der Waals surface area contributed by atoms with Crippen molar-refractivity contribution in [3.05, 3.63) is 115 Å². The monoisotopic (exact) mass is 763 g/mol. The first-order valence-corrected chi connectivity index (χ1v) is 15.7. The van der Waals surface area contributed by atoms with Gasteiger partial charge in [0.25, 0.3) is 5.24 Å². The quantitative estimate of drug-likeness (QED) is 0.0809. The molecule has 0 atom stereocenters. The minimum Gasteiger partial charge on any atom is -0.508 e. The van der Waals surface area contributed by atoms with Crippen LogP contribution in [0.1, 0.15) is 36.6 Å². The fourth-order valence-corrected chi connectivity index (χ4v) is 3.90. The second kappa shape index (κ2) is 23.8. The second-order valence-corrected chi connectivity index (χ2v) is 11.4. The van der Waals surface area contributed by atoms with E-state index >= 15 is 0 Å². The third-order valence-corrected chi connectivity index (χ3v) is 5.68. The topological polar surface area (TPSA) is 204 Å². The Morgan fingerprint density at radius 1 is 0.617 bits per heavy atom. The molecule has 1 amide bonds. The predicted octanol–water partition coefficient (Wildman–Crippen LogP) is 7.42. The molecule has 251 valence electrons. The molecule has 10 nitrogen and oxygen atoms in total. The normalized spacial score (nSPS) is 9.19. The minimum absolute atomic E-state index is 0. The number of carboxylic acid groups (broad SMARTS) is 1. The van der Waals surface area contributed by atoms with Crippen LogP contribution in [0.2, 0.25) is 20.1 Å². The Hall–Kier alpha value is -3.49. The van der Waals surface area contributed by atoms with E-state index in [4.69, 9.17) is 95.0 Å². The van der Waals surface area contributed by atoms with Gasteiger partial charge in [0, 0.05) is 46.2 Å². The number of carbonyl (C=O) groups is 3. The number of halogens is 5. The highest BCUT2D eigenvalue weighted by Crippen LogP contribution is 2.22. The summed E-state index contributed by atoms with van der Waals surface area (Å²) < 4.78 is 0. The van der Waals surface area contributed by atoms with Gasteiger partial charge >= 0.3 is 5.97 Å². The predicted molar refractivity (Wildman–Crippen MR) is 191 cm³/mol. The number of hydrogen-bond donors (Lipinski definition) is 7. The van der Waals surface area contributed by atoms with E-state index in [-0.39, 0.29) is 58.1 Å². The van der Waals surface area contributed by atoms with Gasteiger partial charge in [-0.15, -0.1) is 0 Å². The van der Waals surface area contributed by atoms with Gasteiger partial charge in [0.05, 0.1) is 5.56 Å². The van der Waals surface area contributed by atoms with Crippen LogP contribution in [-0.4, -0.2) is 63.6 Å². The van der Waals surface area contributed by atoms with Crippen LogP contribution in [0, 0.1) is 0 Å². The molecule has 0 bridgehead atoms. The molecular formula is C30H29BCl5N2O8S. The number of carbonyl (C=O) groups excluding carboxylic acids is 2. The van der Waals surface area contributed by atoms with Crippen molar-refractivity contribution in [1.29, 1.82) is 0 Å². The van der Waals surface area contributed by atoms with Gasteiger partial charge in [-0.05, 0) is 102 Å². The fourth-order valence-electron chi connectivity index (χ4n) is 2.85. The summed E-state index contributed by atoms with van der Waals surface area (Å²) in [5, 5.41) is 44.9. The average molecular weight is 766 g/mol. The van der Waals surface area contributed by atoms with Crippen LogP contribution < -0.4 is 11.5 Å². The van der Waals surface area contributed by atoms with Crippen molar-refractivity contribution >= 4 is 95.3 Å². The zero-order valence-electron chi connectivity index (χ0n) is 24.6. The molecule has 0 aliphatic rings. The number of primary amides is 1. The molecule has 17 heteroatoms. The highest BCUT2D eigenvalue weighted by atomic mass is 35.5. The first kappa shape index (κ1) is 45.6. The Bertz CT molecular complexity index is 1410. The summed E-state index contributed by atoms with van der Waals surface area (Å²) in [7, 11) is 0. The van der Waals surface area contributed by atoms with Crippen LogP contribution in [0.25, 0.3) is 0 Å². The third kappa shape index (κ3) is 20.4. The number of benzene rings is 4. The number of aromatic carboxylic acids is 1. The van der Waals surface area contributed by atoms with Crippen molar-refractivity contribution in [3.8, 4) is 23.0 Å². The second-order valence-electron chi connectivity index (χ2n) is 8.47. The molecule has 0 unspecified atom stereocenters. The molecule has 0 saturated carbocycles. The summed E-state index contributed by atoms with van der Waals surface area (Å²) in [6.07, 6.45) is 4.08. The molecule has 0 heterocycles. The van der Waals surface area contributed by atoms with Crippen molar-refractivity contribution in [2.75, 3.05) is 12.5 Å². The summed E-state index contributed by atoms with van der Waals surface area (Å²) in [4.78, 5) is 31.4. The van der Waals surface area contributed by atoms with Crippen molar-refractivity contribution in [2.45, 2.75) is 6.54 Å². The molecule has 0 saturated heterocycles. The van der Waals surface area contributed by atoms with Crippen molar-refractivity contribution in [1.82, 2.24) is 0 Å². The van der Waals surface area contributed by atoms with Crippen LogP contribution in [0.5, 0.6) is 23.0 Å². The average Bonchev–Trinajstić information content (AvgIpc) is 2.92. The van der Waals surface area contributed by atoms with E-state index in [0.29, 0.717) is 16.6 Å². The summed E-state index contributed by atoms with van der Waals surface area (Å²) in [5.74, 6) is -1.83. The molecule has 0 aromatic heterocycles. The third-order valence-electron chi connectivity index (χ3n) is 4.58. The number of aromatic hydroxyl groups is 4. The zero-order valence-corrected chi connectivity index (χ0v) is 29.2. The van der Waals surface area contributed by atoms with Gasteiger partial charge in [-0.1, -0.05) is 46.4 Å². The largest absolute Gasteiger partial charge is 0.508 e. The maximum absolute atomic E-state index is 10.6. The number of hydrogen-bond acceptors (Lipinski definition) is 9. The van der Waals surface area contributed by atoms with Crippen molar-refractivity contribution < 1.29 is 39.9 Å². The van der Waals surface area contributed by atoms with Crippen LogP contribution in [0.15, 0.2) is 72.8 Å². The lowest BCUT2D eigenvalue weighted by atomic mass is 10.2. The van der Waals surface area contributed by atoms with Crippen LogP contribution >= 0.6 is 69.8 Å². The van der Waals surface area contributed by atoms with E-state index in [1.807, 2.05) is 12.5 Å². The van der Waals surface area contributed by atoms with E-state index in [1.165, 1.54) is 54.6 Å². The summed E-state index contributed by atoms with van der Waals surface area (Å²) in [6.45, 7) is 0.397. The number of phenolic OH excluding ortho intramolecular Hbond substituents is 4. The van der Waals surface area contributed by atoms with E-state index in [9.17, 15) is 14.4 Å². The highest BCUT2D eigenvalue weighted by Gasteiger charge is 2.05. The summed E-state index contributed by atoms with van der Waals surface area (Å²) in [5.41, 5.74) is 11.5. The Balaban J connectivity index is 0.